The van der Waals surface area contributed by atoms with Crippen molar-refractivity contribution >= 4 is 30.7 Å². The van der Waals surface area contributed by atoms with E-state index in [1.54, 1.807) is 24.3 Å². The summed E-state index contributed by atoms with van der Waals surface area (Å²) in [6, 6.07) is 8.94. The highest BCUT2D eigenvalue weighted by Crippen LogP contribution is 2.52. The van der Waals surface area contributed by atoms with E-state index in [4.69, 9.17) is 18.9 Å². The Morgan fingerprint density at radius 1 is 1.14 bits per heavy atom. The summed E-state index contributed by atoms with van der Waals surface area (Å²) in [5.41, 5.74) is 0. The minimum Gasteiger partial charge on any atom is -0.481 e. The number of piperidine rings is 1. The van der Waals surface area contributed by atoms with E-state index in [0.717, 1.165) is 12.8 Å². The molecule has 2 aliphatic heterocycles. The predicted molar refractivity (Wildman–Crippen MR) is 128 cm³/mol. The van der Waals surface area contributed by atoms with Gasteiger partial charge in [0.15, 0.2) is 0 Å². The van der Waals surface area contributed by atoms with Gasteiger partial charge in [0, 0.05) is 32.2 Å². The van der Waals surface area contributed by atoms with Gasteiger partial charge >= 0.3 is 19.5 Å². The summed E-state index contributed by atoms with van der Waals surface area (Å²) in [6.45, 7) is 0.569. The molecule has 2 heterocycles. The molecule has 2 aliphatic rings. The monoisotopic (exact) mass is 510 g/mol. The Morgan fingerprint density at radius 3 is 2.57 bits per heavy atom. The van der Waals surface area contributed by atoms with Crippen LogP contribution in [0.5, 0.6) is 0 Å². The number of ether oxygens (including phenoxy) is 1. The lowest BCUT2D eigenvalue weighted by Gasteiger charge is -2.42. The molecule has 3 rings (SSSR count). The lowest BCUT2D eigenvalue weighted by atomic mass is 9.88. The lowest BCUT2D eigenvalue weighted by molar-refractivity contribution is -0.158. The van der Waals surface area contributed by atoms with Crippen LogP contribution < -0.4 is 10.6 Å². The smallest absolute Gasteiger partial charge is 0.361 e. The van der Waals surface area contributed by atoms with Crippen molar-refractivity contribution in [1.29, 1.82) is 0 Å². The molecule has 1 aromatic rings. The number of nitrogens with zero attached hydrogens (tertiary/aromatic N) is 1. The van der Waals surface area contributed by atoms with Gasteiger partial charge in [0.2, 0.25) is 5.91 Å². The predicted octanol–water partition coefficient (Wildman–Crippen LogP) is 2.32. The fourth-order valence-corrected chi connectivity index (χ4v) is 6.40. The van der Waals surface area contributed by atoms with E-state index in [-0.39, 0.29) is 43.4 Å². The Morgan fingerprint density at radius 2 is 1.89 bits per heavy atom. The summed E-state index contributed by atoms with van der Waals surface area (Å²) < 4.78 is 30.6. The number of amides is 1. The van der Waals surface area contributed by atoms with Gasteiger partial charge in [0.05, 0.1) is 30.4 Å². The zero-order chi connectivity index (χ0) is 25.4. The van der Waals surface area contributed by atoms with Crippen molar-refractivity contribution < 1.29 is 37.8 Å². The molecule has 2 N–H and O–H groups in total. The second kappa shape index (κ2) is 12.6. The van der Waals surface area contributed by atoms with Gasteiger partial charge in [-0.1, -0.05) is 18.2 Å². The molecule has 2 fully saturated rings. The molecule has 2 bridgehead atoms. The van der Waals surface area contributed by atoms with Crippen LogP contribution >= 0.6 is 7.60 Å². The SMILES string of the molecule is COP(=O)(O[C@H]1CC2CCC([C@H]1C(=O)OCCCCNC(=O)CCC(=O)O)N2C)c1ccccc1. The average Bonchev–Trinajstić information content (AvgIpc) is 3.08. The van der Waals surface area contributed by atoms with Gasteiger partial charge < -0.3 is 24.2 Å². The maximum absolute atomic E-state index is 13.5. The fourth-order valence-electron chi connectivity index (χ4n) is 4.87. The Balaban J connectivity index is 1.55. The van der Waals surface area contributed by atoms with E-state index in [2.05, 4.69) is 10.2 Å². The number of benzene rings is 1. The molecule has 0 spiro atoms. The van der Waals surface area contributed by atoms with Crippen molar-refractivity contribution in [3.8, 4) is 0 Å². The van der Waals surface area contributed by atoms with Crippen molar-refractivity contribution in [3.63, 3.8) is 0 Å². The van der Waals surface area contributed by atoms with Crippen LogP contribution in [0.2, 0.25) is 0 Å². The summed E-state index contributed by atoms with van der Waals surface area (Å²) in [5.74, 6) is -2.29. The highest BCUT2D eigenvalue weighted by molar-refractivity contribution is 7.62. The molecule has 0 aromatic heterocycles. The first-order valence-electron chi connectivity index (χ1n) is 12.0. The summed E-state index contributed by atoms with van der Waals surface area (Å²) >= 11 is 0. The Hall–Kier alpha value is -2.26. The summed E-state index contributed by atoms with van der Waals surface area (Å²) in [5, 5.41) is 11.7. The van der Waals surface area contributed by atoms with E-state index in [1.165, 1.54) is 7.11 Å². The number of rotatable bonds is 13. The number of carboxylic acid groups (broad SMARTS) is 1. The first-order valence-corrected chi connectivity index (χ1v) is 13.6. The van der Waals surface area contributed by atoms with Crippen LogP contribution in [0.25, 0.3) is 0 Å². The van der Waals surface area contributed by atoms with Crippen molar-refractivity contribution in [2.24, 2.45) is 5.92 Å². The molecule has 0 radical (unpaired) electrons. The first-order chi connectivity index (χ1) is 16.7. The molecule has 1 amide bonds. The quantitative estimate of drug-likeness (QED) is 0.233. The molecule has 194 valence electrons. The number of fused-ring (bicyclic) bond motifs is 2. The van der Waals surface area contributed by atoms with Gasteiger partial charge in [0.1, 0.15) is 0 Å². The highest BCUT2D eigenvalue weighted by Gasteiger charge is 2.52. The van der Waals surface area contributed by atoms with E-state index in [9.17, 15) is 18.9 Å². The number of esters is 1. The minimum absolute atomic E-state index is 0.0548. The number of nitrogens with one attached hydrogen (secondary N) is 1. The van der Waals surface area contributed by atoms with Gasteiger partial charge in [-0.05, 0) is 51.3 Å². The van der Waals surface area contributed by atoms with Gasteiger partial charge in [-0.15, -0.1) is 0 Å². The van der Waals surface area contributed by atoms with Crippen LogP contribution in [-0.2, 0) is 32.7 Å². The summed E-state index contributed by atoms with van der Waals surface area (Å²) in [4.78, 5) is 37.4. The molecule has 3 unspecified atom stereocenters. The van der Waals surface area contributed by atoms with Gasteiger partial charge in [-0.2, -0.15) is 0 Å². The number of hydrogen-bond donors (Lipinski definition) is 2. The Labute approximate surface area is 205 Å². The van der Waals surface area contributed by atoms with Crippen LogP contribution in [0.15, 0.2) is 30.3 Å². The number of carboxylic acids is 1. The molecule has 0 aliphatic carbocycles. The zero-order valence-electron chi connectivity index (χ0n) is 20.3. The van der Waals surface area contributed by atoms with Crippen LogP contribution in [0.4, 0.5) is 0 Å². The van der Waals surface area contributed by atoms with Gasteiger partial charge in [0.25, 0.3) is 0 Å². The van der Waals surface area contributed by atoms with Crippen molar-refractivity contribution in [2.75, 3.05) is 27.3 Å². The van der Waals surface area contributed by atoms with Gasteiger partial charge in [-0.3, -0.25) is 23.8 Å². The zero-order valence-corrected chi connectivity index (χ0v) is 21.2. The molecule has 11 heteroatoms. The first kappa shape index (κ1) is 27.3. The molecular weight excluding hydrogens is 475 g/mol. The lowest BCUT2D eigenvalue weighted by Crippen LogP contribution is -2.53. The number of aliphatic carboxylic acids is 1. The maximum atomic E-state index is 13.5. The number of unbranched alkanes of at least 4 members (excludes halogenated alkanes) is 1. The second-order valence-electron chi connectivity index (χ2n) is 9.00. The number of carbonyl (C=O) groups excluding carboxylic acids is 2. The van der Waals surface area contributed by atoms with Crippen molar-refractivity contribution in [3.05, 3.63) is 30.3 Å². The maximum Gasteiger partial charge on any atom is 0.361 e. The third-order valence-corrected chi connectivity index (χ3v) is 8.74. The molecule has 5 atom stereocenters. The molecular formula is C24H35N2O8P. The fraction of sp³-hybridized carbons (Fsp3) is 0.625. The topological polar surface area (TPSA) is 131 Å². The number of hydrogen-bond acceptors (Lipinski definition) is 8. The van der Waals surface area contributed by atoms with Crippen LogP contribution in [0.3, 0.4) is 0 Å². The standard InChI is InChI=1S/C24H35N2O8P/c1-26-17-10-11-19(26)23(20(16-17)34-35(31,32-2)18-8-4-3-5-9-18)24(30)33-15-7-6-14-25-21(27)12-13-22(28)29/h3-5,8-9,17,19-20,23H,6-7,10-16H2,1-2H3,(H,25,27)(H,28,29)/t17?,19?,20-,23+,35?/m0/s1. The minimum atomic E-state index is -3.61. The third kappa shape index (κ3) is 7.13. The number of carbonyl (C=O) groups is 3. The summed E-state index contributed by atoms with van der Waals surface area (Å²) in [6.07, 6.45) is 2.64. The van der Waals surface area contributed by atoms with Crippen LogP contribution in [0, 0.1) is 5.92 Å². The Kier molecular flexibility index (Phi) is 9.86. The molecule has 2 saturated heterocycles. The third-order valence-electron chi connectivity index (χ3n) is 6.78. The molecule has 1 aromatic carbocycles. The molecule has 35 heavy (non-hydrogen) atoms. The highest BCUT2D eigenvalue weighted by atomic mass is 31.2. The van der Waals surface area contributed by atoms with E-state index >= 15 is 0 Å². The normalized spacial score (nSPS) is 25.5. The van der Waals surface area contributed by atoms with E-state index in [0.29, 0.717) is 31.1 Å². The van der Waals surface area contributed by atoms with Crippen molar-refractivity contribution in [1.82, 2.24) is 10.2 Å². The van der Waals surface area contributed by atoms with E-state index in [1.807, 2.05) is 13.1 Å². The largest absolute Gasteiger partial charge is 0.481 e. The average molecular weight is 511 g/mol. The summed E-state index contributed by atoms with van der Waals surface area (Å²) in [7, 11) is -0.257. The van der Waals surface area contributed by atoms with Gasteiger partial charge in [-0.25, -0.2) is 0 Å². The molecule has 0 saturated carbocycles. The van der Waals surface area contributed by atoms with Crippen LogP contribution in [0.1, 0.15) is 44.9 Å². The van der Waals surface area contributed by atoms with Crippen LogP contribution in [-0.4, -0.2) is 73.3 Å². The molecule has 10 nitrogen and oxygen atoms in total. The van der Waals surface area contributed by atoms with E-state index < -0.39 is 25.6 Å². The Bertz CT molecular complexity index is 927. The second-order valence-corrected chi connectivity index (χ2v) is 11.1. The van der Waals surface area contributed by atoms with Crippen molar-refractivity contribution in [2.45, 2.75) is 63.1 Å².